The van der Waals surface area contributed by atoms with E-state index in [1.807, 2.05) is 32.9 Å². The van der Waals surface area contributed by atoms with Gasteiger partial charge in [0.25, 0.3) is 5.91 Å². The summed E-state index contributed by atoms with van der Waals surface area (Å²) >= 11 is 15.7. The van der Waals surface area contributed by atoms with E-state index in [0.717, 1.165) is 4.47 Å². The molecule has 0 radical (unpaired) electrons. The highest BCUT2D eigenvalue weighted by Gasteiger charge is 2.29. The van der Waals surface area contributed by atoms with Crippen LogP contribution in [-0.2, 0) is 16.1 Å². The number of hydrogen-bond donors (Lipinski definition) is 1. The number of nitrogens with one attached hydrogen (secondary N) is 1. The van der Waals surface area contributed by atoms with Crippen molar-refractivity contribution in [2.45, 2.75) is 39.8 Å². The van der Waals surface area contributed by atoms with E-state index >= 15 is 0 Å². The molecular formula is C23H27BrCl2N2O3. The second-order valence-electron chi connectivity index (χ2n) is 7.56. The molecule has 2 aromatic rings. The van der Waals surface area contributed by atoms with E-state index in [0.29, 0.717) is 40.2 Å². The number of rotatable bonds is 10. The van der Waals surface area contributed by atoms with Crippen LogP contribution >= 0.6 is 39.1 Å². The molecule has 5 nitrogen and oxygen atoms in total. The van der Waals surface area contributed by atoms with Crippen molar-refractivity contribution in [2.75, 3.05) is 13.2 Å². The number of nitrogens with zero attached hydrogens (tertiary/aromatic N) is 1. The van der Waals surface area contributed by atoms with Crippen LogP contribution < -0.4 is 10.1 Å². The van der Waals surface area contributed by atoms with Crippen molar-refractivity contribution < 1.29 is 14.3 Å². The van der Waals surface area contributed by atoms with Gasteiger partial charge in [-0.2, -0.15) is 0 Å². The molecule has 8 heteroatoms. The number of hydrogen-bond acceptors (Lipinski definition) is 3. The van der Waals surface area contributed by atoms with Gasteiger partial charge in [-0.3, -0.25) is 9.59 Å². The molecule has 0 heterocycles. The molecule has 0 aromatic heterocycles. The van der Waals surface area contributed by atoms with Crippen LogP contribution in [0.4, 0.5) is 0 Å². The molecule has 168 valence electrons. The van der Waals surface area contributed by atoms with Gasteiger partial charge in [0.2, 0.25) is 5.91 Å². The Hall–Kier alpha value is -1.76. The van der Waals surface area contributed by atoms with Crippen molar-refractivity contribution in [3.8, 4) is 5.75 Å². The molecule has 31 heavy (non-hydrogen) atoms. The lowest BCUT2D eigenvalue weighted by Crippen LogP contribution is -2.50. The van der Waals surface area contributed by atoms with E-state index in [2.05, 4.69) is 21.2 Å². The van der Waals surface area contributed by atoms with Crippen molar-refractivity contribution in [3.63, 3.8) is 0 Å². The Labute approximate surface area is 202 Å². The van der Waals surface area contributed by atoms with Gasteiger partial charge in [-0.1, -0.05) is 66.0 Å². The smallest absolute Gasteiger partial charge is 0.261 e. The predicted octanol–water partition coefficient (Wildman–Crippen LogP) is 5.71. The van der Waals surface area contributed by atoms with Gasteiger partial charge in [-0.15, -0.1) is 0 Å². The van der Waals surface area contributed by atoms with Crippen LogP contribution in [0.2, 0.25) is 10.0 Å². The van der Waals surface area contributed by atoms with Crippen molar-refractivity contribution >= 4 is 50.9 Å². The van der Waals surface area contributed by atoms with E-state index in [4.69, 9.17) is 27.9 Å². The fourth-order valence-electron chi connectivity index (χ4n) is 2.93. The number of carbonyl (C=O) groups is 2. The molecule has 1 N–H and O–H groups in total. The molecule has 0 aliphatic heterocycles. The van der Waals surface area contributed by atoms with Crippen molar-refractivity contribution in [1.82, 2.24) is 10.2 Å². The first-order valence-corrected chi connectivity index (χ1v) is 11.7. The van der Waals surface area contributed by atoms with Gasteiger partial charge in [-0.05, 0) is 54.3 Å². The quantitative estimate of drug-likeness (QED) is 0.428. The van der Waals surface area contributed by atoms with E-state index in [1.54, 1.807) is 30.3 Å². The zero-order chi connectivity index (χ0) is 23.0. The van der Waals surface area contributed by atoms with Crippen LogP contribution in [0.15, 0.2) is 46.9 Å². The predicted molar refractivity (Wildman–Crippen MR) is 129 cm³/mol. The lowest BCUT2D eigenvalue weighted by molar-refractivity contribution is -0.143. The Morgan fingerprint density at radius 2 is 1.81 bits per heavy atom. The van der Waals surface area contributed by atoms with Crippen molar-refractivity contribution in [1.29, 1.82) is 0 Å². The van der Waals surface area contributed by atoms with Crippen LogP contribution in [0.25, 0.3) is 0 Å². The summed E-state index contributed by atoms with van der Waals surface area (Å²) in [7, 11) is 0. The molecule has 0 spiro atoms. The van der Waals surface area contributed by atoms with Crippen LogP contribution in [-0.4, -0.2) is 35.9 Å². The SMILES string of the molecule is CCC(C(=O)NCC(C)C)N(Cc1ccc(Cl)cc1Cl)C(=O)COc1ccc(Br)cc1. The minimum Gasteiger partial charge on any atom is -0.484 e. The maximum absolute atomic E-state index is 13.2. The van der Waals surface area contributed by atoms with Crippen molar-refractivity contribution in [2.24, 2.45) is 5.92 Å². The number of benzene rings is 2. The largest absolute Gasteiger partial charge is 0.484 e. The summed E-state index contributed by atoms with van der Waals surface area (Å²) < 4.78 is 6.58. The van der Waals surface area contributed by atoms with E-state index in [9.17, 15) is 9.59 Å². The average molecular weight is 530 g/mol. The summed E-state index contributed by atoms with van der Waals surface area (Å²) in [4.78, 5) is 27.5. The first kappa shape index (κ1) is 25.5. The van der Waals surface area contributed by atoms with E-state index in [-0.39, 0.29) is 25.0 Å². The zero-order valence-electron chi connectivity index (χ0n) is 17.8. The van der Waals surface area contributed by atoms with Crippen LogP contribution in [0.3, 0.4) is 0 Å². The van der Waals surface area contributed by atoms with Crippen LogP contribution in [0, 0.1) is 5.92 Å². The number of carbonyl (C=O) groups excluding carboxylic acids is 2. The first-order valence-electron chi connectivity index (χ1n) is 10.1. The third-order valence-electron chi connectivity index (χ3n) is 4.60. The molecule has 1 atom stereocenters. The second kappa shape index (κ2) is 12.3. The summed E-state index contributed by atoms with van der Waals surface area (Å²) in [6.45, 7) is 6.42. The Balaban J connectivity index is 2.22. The summed E-state index contributed by atoms with van der Waals surface area (Å²) in [5.41, 5.74) is 0.707. The van der Waals surface area contributed by atoms with Crippen LogP contribution in [0.5, 0.6) is 5.75 Å². The molecule has 0 saturated carbocycles. The minimum atomic E-state index is -0.647. The van der Waals surface area contributed by atoms with Crippen LogP contribution in [0.1, 0.15) is 32.8 Å². The third kappa shape index (κ3) is 8.02. The lowest BCUT2D eigenvalue weighted by Gasteiger charge is -2.31. The Bertz CT molecular complexity index is 891. The average Bonchev–Trinajstić information content (AvgIpc) is 2.73. The van der Waals surface area contributed by atoms with Gasteiger partial charge in [0, 0.05) is 27.6 Å². The van der Waals surface area contributed by atoms with Gasteiger partial charge >= 0.3 is 0 Å². The van der Waals surface area contributed by atoms with E-state index < -0.39 is 6.04 Å². The first-order chi connectivity index (χ1) is 14.7. The molecule has 0 bridgehead atoms. The maximum Gasteiger partial charge on any atom is 0.261 e. The molecule has 2 aromatic carbocycles. The van der Waals surface area contributed by atoms with Gasteiger partial charge in [-0.25, -0.2) is 0 Å². The summed E-state index contributed by atoms with van der Waals surface area (Å²) in [5.74, 6) is 0.370. The highest BCUT2D eigenvalue weighted by Crippen LogP contribution is 2.24. The fraction of sp³-hybridized carbons (Fsp3) is 0.391. The molecule has 2 rings (SSSR count). The molecule has 2 amide bonds. The Morgan fingerprint density at radius 3 is 2.39 bits per heavy atom. The third-order valence-corrected chi connectivity index (χ3v) is 5.72. The molecule has 0 fully saturated rings. The molecule has 0 aliphatic rings. The van der Waals surface area contributed by atoms with E-state index in [1.165, 1.54) is 4.90 Å². The molecular weight excluding hydrogens is 503 g/mol. The number of amides is 2. The monoisotopic (exact) mass is 528 g/mol. The van der Waals surface area contributed by atoms with Gasteiger partial charge < -0.3 is 15.0 Å². The second-order valence-corrected chi connectivity index (χ2v) is 9.32. The molecule has 0 aliphatic carbocycles. The summed E-state index contributed by atoms with van der Waals surface area (Å²) in [6, 6.07) is 11.7. The Kier molecular flexibility index (Phi) is 10.1. The Morgan fingerprint density at radius 1 is 1.13 bits per heavy atom. The van der Waals surface area contributed by atoms with Crippen molar-refractivity contribution in [3.05, 3.63) is 62.5 Å². The van der Waals surface area contributed by atoms with Gasteiger partial charge in [0.15, 0.2) is 6.61 Å². The standard InChI is InChI=1S/C23H27BrCl2N2O3/c1-4-21(23(30)27-12-15(2)3)28(13-16-5-8-18(25)11-20(16)26)22(29)14-31-19-9-6-17(24)7-10-19/h5-11,15,21H,4,12-14H2,1-3H3,(H,27,30). The number of halogens is 3. The number of ether oxygens (including phenoxy) is 1. The maximum atomic E-state index is 13.2. The zero-order valence-corrected chi connectivity index (χ0v) is 20.9. The molecule has 0 saturated heterocycles. The topological polar surface area (TPSA) is 58.6 Å². The highest BCUT2D eigenvalue weighted by atomic mass is 79.9. The summed E-state index contributed by atoms with van der Waals surface area (Å²) in [6.07, 6.45) is 0.458. The normalized spacial score (nSPS) is 11.8. The van der Waals surface area contributed by atoms with Gasteiger partial charge in [0.05, 0.1) is 0 Å². The minimum absolute atomic E-state index is 0.173. The molecule has 1 unspecified atom stereocenters. The lowest BCUT2D eigenvalue weighted by atomic mass is 10.1. The summed E-state index contributed by atoms with van der Waals surface area (Å²) in [5, 5.41) is 3.87. The van der Waals surface area contributed by atoms with Gasteiger partial charge in [0.1, 0.15) is 11.8 Å². The fourth-order valence-corrected chi connectivity index (χ4v) is 3.67. The highest BCUT2D eigenvalue weighted by molar-refractivity contribution is 9.10.